The fourth-order valence-corrected chi connectivity index (χ4v) is 2.66. The highest BCUT2D eigenvalue weighted by Gasteiger charge is 2.27. The van der Waals surface area contributed by atoms with Crippen molar-refractivity contribution in [2.45, 2.75) is 23.8 Å². The summed E-state index contributed by atoms with van der Waals surface area (Å²) in [4.78, 5) is 20.5. The zero-order valence-electron chi connectivity index (χ0n) is 10.2. The monoisotopic (exact) mass is 301 g/mol. The lowest BCUT2D eigenvalue weighted by Crippen LogP contribution is -2.19. The molecule has 0 amide bonds. The van der Waals surface area contributed by atoms with Crippen molar-refractivity contribution in [3.63, 3.8) is 0 Å². The highest BCUT2D eigenvalue weighted by atomic mass is 32.2. The first-order valence-corrected chi connectivity index (χ1v) is 7.13. The Hall–Kier alpha value is -2.00. The third kappa shape index (κ3) is 3.31. The second-order valence-electron chi connectivity index (χ2n) is 4.14. The molecular weight excluding hydrogens is 290 g/mol. The number of cyclic esters (lactones) is 1. The summed E-state index contributed by atoms with van der Waals surface area (Å²) in [6.45, 7) is -0.295. The first-order chi connectivity index (χ1) is 9.38. The number of nitro benzene ring substituents is 1. The number of non-ortho nitro benzene ring substituents is 1. The average molecular weight is 301 g/mol. The minimum absolute atomic E-state index is 0.227. The molecule has 0 aliphatic carbocycles. The van der Waals surface area contributed by atoms with Gasteiger partial charge in [-0.1, -0.05) is 6.07 Å². The van der Waals surface area contributed by atoms with Gasteiger partial charge in [-0.2, -0.15) is 8.42 Å². The summed E-state index contributed by atoms with van der Waals surface area (Å²) >= 11 is 0. The Morgan fingerprint density at radius 3 is 2.80 bits per heavy atom. The lowest BCUT2D eigenvalue weighted by molar-refractivity contribution is -0.385. The van der Waals surface area contributed by atoms with Gasteiger partial charge in [0.25, 0.3) is 15.8 Å². The lowest BCUT2D eigenvalue weighted by Gasteiger charge is -2.10. The number of carbonyl (C=O) groups is 1. The van der Waals surface area contributed by atoms with E-state index in [4.69, 9.17) is 8.92 Å². The summed E-state index contributed by atoms with van der Waals surface area (Å²) in [5.41, 5.74) is -0.345. The van der Waals surface area contributed by atoms with Crippen LogP contribution in [-0.2, 0) is 23.8 Å². The third-order valence-electron chi connectivity index (χ3n) is 2.69. The molecule has 8 nitrogen and oxygen atoms in total. The van der Waals surface area contributed by atoms with Crippen LogP contribution in [0.3, 0.4) is 0 Å². The Morgan fingerprint density at radius 2 is 2.20 bits per heavy atom. The number of benzene rings is 1. The van der Waals surface area contributed by atoms with E-state index in [9.17, 15) is 23.3 Å². The minimum atomic E-state index is -4.12. The molecule has 2 rings (SSSR count). The van der Waals surface area contributed by atoms with Crippen molar-refractivity contribution in [1.82, 2.24) is 0 Å². The number of esters is 1. The Balaban J connectivity index is 2.08. The molecule has 0 bridgehead atoms. The molecule has 20 heavy (non-hydrogen) atoms. The smallest absolute Gasteiger partial charge is 0.306 e. The van der Waals surface area contributed by atoms with Crippen LogP contribution < -0.4 is 0 Å². The maximum absolute atomic E-state index is 11.9. The van der Waals surface area contributed by atoms with E-state index >= 15 is 0 Å². The molecule has 0 spiro atoms. The molecule has 1 aromatic carbocycles. The molecule has 9 heteroatoms. The number of hydrogen-bond acceptors (Lipinski definition) is 7. The van der Waals surface area contributed by atoms with Gasteiger partial charge in [-0.3, -0.25) is 19.1 Å². The van der Waals surface area contributed by atoms with Gasteiger partial charge in [0.15, 0.2) is 0 Å². The number of ether oxygens (including phenoxy) is 1. The minimum Gasteiger partial charge on any atom is -0.460 e. The van der Waals surface area contributed by atoms with Crippen LogP contribution in [0.15, 0.2) is 29.2 Å². The third-order valence-corrected chi connectivity index (χ3v) is 3.97. The molecule has 0 N–H and O–H groups in total. The van der Waals surface area contributed by atoms with E-state index < -0.39 is 27.1 Å². The van der Waals surface area contributed by atoms with Crippen molar-refractivity contribution < 1.29 is 27.1 Å². The van der Waals surface area contributed by atoms with Crippen LogP contribution in [0, 0.1) is 10.1 Å². The molecule has 1 aliphatic rings. The summed E-state index contributed by atoms with van der Waals surface area (Å²) < 4.78 is 33.3. The fourth-order valence-electron chi connectivity index (χ4n) is 1.69. The van der Waals surface area contributed by atoms with Gasteiger partial charge in [-0.15, -0.1) is 0 Å². The van der Waals surface area contributed by atoms with Crippen LogP contribution in [0.4, 0.5) is 5.69 Å². The highest BCUT2D eigenvalue weighted by Crippen LogP contribution is 2.21. The van der Waals surface area contributed by atoms with E-state index in [1.54, 1.807) is 0 Å². The van der Waals surface area contributed by atoms with Gasteiger partial charge in [0.2, 0.25) is 0 Å². The van der Waals surface area contributed by atoms with E-state index in [-0.39, 0.29) is 23.6 Å². The second kappa shape index (κ2) is 5.55. The normalized spacial score (nSPS) is 18.8. The van der Waals surface area contributed by atoms with Crippen LogP contribution >= 0.6 is 0 Å². The molecule has 1 atom stereocenters. The van der Waals surface area contributed by atoms with Crippen molar-refractivity contribution >= 4 is 21.8 Å². The molecule has 108 valence electrons. The van der Waals surface area contributed by atoms with Gasteiger partial charge in [0, 0.05) is 18.6 Å². The van der Waals surface area contributed by atoms with Gasteiger partial charge in [0.1, 0.15) is 17.6 Å². The molecular formula is C11H11NO7S. The van der Waals surface area contributed by atoms with Crippen molar-refractivity contribution in [3.05, 3.63) is 34.4 Å². The zero-order valence-corrected chi connectivity index (χ0v) is 11.0. The van der Waals surface area contributed by atoms with Crippen LogP contribution in [0.25, 0.3) is 0 Å². The number of nitrogens with zero attached hydrogens (tertiary/aromatic N) is 1. The van der Waals surface area contributed by atoms with Crippen LogP contribution in [0.5, 0.6) is 0 Å². The number of rotatable bonds is 5. The maximum atomic E-state index is 11.9. The quantitative estimate of drug-likeness (QED) is 0.345. The van der Waals surface area contributed by atoms with Gasteiger partial charge in [-0.05, 0) is 12.5 Å². The van der Waals surface area contributed by atoms with E-state index in [1.807, 2.05) is 0 Å². The van der Waals surface area contributed by atoms with Crippen molar-refractivity contribution in [1.29, 1.82) is 0 Å². The van der Waals surface area contributed by atoms with Crippen molar-refractivity contribution in [3.8, 4) is 0 Å². The summed E-state index contributed by atoms with van der Waals surface area (Å²) in [6.07, 6.45) is 0.0183. The second-order valence-corrected chi connectivity index (χ2v) is 5.76. The molecule has 0 unspecified atom stereocenters. The van der Waals surface area contributed by atoms with Gasteiger partial charge >= 0.3 is 5.97 Å². The summed E-state index contributed by atoms with van der Waals surface area (Å²) in [6, 6.07) is 4.54. The number of nitro groups is 1. The Bertz CT molecular complexity index is 640. The maximum Gasteiger partial charge on any atom is 0.306 e. The van der Waals surface area contributed by atoms with Crippen LogP contribution in [-0.4, -0.2) is 32.0 Å². The van der Waals surface area contributed by atoms with E-state index in [0.29, 0.717) is 6.42 Å². The summed E-state index contributed by atoms with van der Waals surface area (Å²) in [7, 11) is -4.12. The fraction of sp³-hybridized carbons (Fsp3) is 0.364. The number of carbonyl (C=O) groups excluding carboxylic acids is 1. The first kappa shape index (κ1) is 14.4. The van der Waals surface area contributed by atoms with Crippen LogP contribution in [0.2, 0.25) is 0 Å². The molecule has 0 saturated carbocycles. The van der Waals surface area contributed by atoms with Crippen LogP contribution in [0.1, 0.15) is 12.8 Å². The molecule has 1 saturated heterocycles. The molecule has 1 heterocycles. The predicted molar refractivity (Wildman–Crippen MR) is 65.3 cm³/mol. The summed E-state index contributed by atoms with van der Waals surface area (Å²) in [5, 5.41) is 10.6. The predicted octanol–water partition coefficient (Wildman–Crippen LogP) is 1.01. The molecule has 0 aromatic heterocycles. The van der Waals surface area contributed by atoms with E-state index in [1.165, 1.54) is 18.2 Å². The Morgan fingerprint density at radius 1 is 1.45 bits per heavy atom. The van der Waals surface area contributed by atoms with Gasteiger partial charge < -0.3 is 4.74 Å². The highest BCUT2D eigenvalue weighted by molar-refractivity contribution is 7.86. The first-order valence-electron chi connectivity index (χ1n) is 5.72. The lowest BCUT2D eigenvalue weighted by atomic mass is 10.2. The molecule has 1 aromatic rings. The van der Waals surface area contributed by atoms with E-state index in [2.05, 4.69) is 0 Å². The van der Waals surface area contributed by atoms with E-state index in [0.717, 1.165) is 6.07 Å². The Kier molecular flexibility index (Phi) is 4.00. The largest absolute Gasteiger partial charge is 0.460 e. The Labute approximate surface area is 114 Å². The summed E-state index contributed by atoms with van der Waals surface area (Å²) in [5.74, 6) is -0.397. The van der Waals surface area contributed by atoms with Crippen molar-refractivity contribution in [2.75, 3.05) is 6.61 Å². The average Bonchev–Trinajstić information content (AvgIpc) is 2.82. The SMILES string of the molecule is O=C1CC[C@H](COS(=O)(=O)c2cccc([N+](=O)[O-])c2)O1. The molecule has 1 aliphatic heterocycles. The molecule has 1 fully saturated rings. The molecule has 0 radical (unpaired) electrons. The van der Waals surface area contributed by atoms with Gasteiger partial charge in [-0.25, -0.2) is 0 Å². The number of hydrogen-bond donors (Lipinski definition) is 0. The van der Waals surface area contributed by atoms with Gasteiger partial charge in [0.05, 0.1) is 4.92 Å². The standard InChI is InChI=1S/C11H11NO7S/c13-11-5-4-9(19-11)7-18-20(16,17)10-3-1-2-8(6-10)12(14)15/h1-3,6,9H,4-5,7H2/t9-/m1/s1. The van der Waals surface area contributed by atoms with Crippen molar-refractivity contribution in [2.24, 2.45) is 0 Å². The topological polar surface area (TPSA) is 113 Å². The zero-order chi connectivity index (χ0) is 14.8.